The van der Waals surface area contributed by atoms with Crippen LogP contribution in [-0.2, 0) is 22.4 Å². The number of imidazole rings is 1. The topological polar surface area (TPSA) is 77.3 Å². The molecule has 0 spiro atoms. The molecule has 0 N–H and O–H groups in total. The Labute approximate surface area is 164 Å². The van der Waals surface area contributed by atoms with E-state index >= 15 is 0 Å². The Morgan fingerprint density at radius 3 is 2.86 bits per heavy atom. The summed E-state index contributed by atoms with van der Waals surface area (Å²) in [6.07, 6.45) is 9.77. The highest BCUT2D eigenvalue weighted by Crippen LogP contribution is 2.28. The Hall–Kier alpha value is -2.96. The number of imide groups is 1. The van der Waals surface area contributed by atoms with Crippen molar-refractivity contribution in [3.05, 3.63) is 47.3 Å². The van der Waals surface area contributed by atoms with Gasteiger partial charge in [-0.25, -0.2) is 14.7 Å². The van der Waals surface area contributed by atoms with Crippen molar-refractivity contribution < 1.29 is 14.3 Å². The number of pyridine rings is 1. The number of hydrogen-bond acceptors (Lipinski definition) is 5. The molecule has 0 atom stereocenters. The second-order valence-corrected chi connectivity index (χ2v) is 8.16. The van der Waals surface area contributed by atoms with Gasteiger partial charge in [0, 0.05) is 18.3 Å². The van der Waals surface area contributed by atoms with E-state index < -0.39 is 11.7 Å². The van der Waals surface area contributed by atoms with Crippen LogP contribution in [0.1, 0.15) is 50.6 Å². The zero-order valence-corrected chi connectivity index (χ0v) is 16.4. The van der Waals surface area contributed by atoms with Crippen LogP contribution in [0, 0.1) is 0 Å². The fourth-order valence-corrected chi connectivity index (χ4v) is 3.66. The fourth-order valence-electron chi connectivity index (χ4n) is 3.66. The standard InChI is InChI=1S/C21H24N4O3/c1-21(2,3)28-20(27)24-10-4-5-15(19(24)26)11-16-17-7-6-14-8-9-22-12-18(14)25(17)13-23-16/h8-9,11-13H,4-7,10H2,1-3H3/b15-11+. The number of amides is 2. The lowest BCUT2D eigenvalue weighted by Gasteiger charge is -2.29. The average molecular weight is 380 g/mol. The van der Waals surface area contributed by atoms with E-state index in [1.807, 2.05) is 22.9 Å². The SMILES string of the molecule is CC(C)(C)OC(=O)N1CCC/C(=C\c2ncn3c2CCc2ccncc2-3)C1=O. The summed E-state index contributed by atoms with van der Waals surface area (Å²) in [6.45, 7) is 5.76. The van der Waals surface area contributed by atoms with Crippen LogP contribution in [0.2, 0.25) is 0 Å². The molecule has 0 bridgehead atoms. The normalized spacial score (nSPS) is 18.0. The van der Waals surface area contributed by atoms with Crippen molar-refractivity contribution in [3.8, 4) is 5.69 Å². The second kappa shape index (κ2) is 6.89. The number of carbonyl (C=O) groups is 2. The summed E-state index contributed by atoms with van der Waals surface area (Å²) in [5.74, 6) is -0.292. The van der Waals surface area contributed by atoms with Gasteiger partial charge in [0.1, 0.15) is 11.9 Å². The van der Waals surface area contributed by atoms with Crippen molar-refractivity contribution in [1.29, 1.82) is 0 Å². The van der Waals surface area contributed by atoms with Crippen LogP contribution in [0.3, 0.4) is 0 Å². The summed E-state index contributed by atoms with van der Waals surface area (Å²) < 4.78 is 7.41. The van der Waals surface area contributed by atoms with E-state index in [9.17, 15) is 9.59 Å². The van der Waals surface area contributed by atoms with E-state index in [2.05, 4.69) is 9.97 Å². The minimum absolute atomic E-state index is 0.292. The van der Waals surface area contributed by atoms with Crippen LogP contribution in [0.25, 0.3) is 11.8 Å². The van der Waals surface area contributed by atoms with Gasteiger partial charge in [-0.3, -0.25) is 9.78 Å². The van der Waals surface area contributed by atoms with Gasteiger partial charge in [-0.2, -0.15) is 0 Å². The summed E-state index contributed by atoms with van der Waals surface area (Å²) in [7, 11) is 0. The van der Waals surface area contributed by atoms with Gasteiger partial charge < -0.3 is 9.30 Å². The van der Waals surface area contributed by atoms with Crippen LogP contribution in [-0.4, -0.2) is 43.6 Å². The van der Waals surface area contributed by atoms with E-state index in [-0.39, 0.29) is 5.91 Å². The molecule has 1 fully saturated rings. The molecule has 2 aromatic heterocycles. The Morgan fingerprint density at radius 1 is 1.25 bits per heavy atom. The third-order valence-electron chi connectivity index (χ3n) is 4.95. The van der Waals surface area contributed by atoms with Crippen molar-refractivity contribution in [1.82, 2.24) is 19.4 Å². The number of rotatable bonds is 1. The molecule has 2 aromatic rings. The van der Waals surface area contributed by atoms with Crippen LogP contribution in [0.15, 0.2) is 30.4 Å². The molecule has 0 aromatic carbocycles. The molecule has 0 aliphatic carbocycles. The maximum absolute atomic E-state index is 12.9. The van der Waals surface area contributed by atoms with Crippen molar-refractivity contribution in [2.75, 3.05) is 6.54 Å². The first-order valence-electron chi connectivity index (χ1n) is 9.58. The molecule has 146 valence electrons. The van der Waals surface area contributed by atoms with E-state index in [0.717, 1.165) is 36.3 Å². The minimum atomic E-state index is -0.636. The lowest BCUT2D eigenvalue weighted by atomic mass is 9.99. The summed E-state index contributed by atoms with van der Waals surface area (Å²) in [5, 5.41) is 0. The summed E-state index contributed by atoms with van der Waals surface area (Å²) >= 11 is 0. The largest absolute Gasteiger partial charge is 0.443 e. The van der Waals surface area contributed by atoms with E-state index in [1.54, 1.807) is 33.3 Å². The Balaban J connectivity index is 1.61. The Morgan fingerprint density at radius 2 is 2.07 bits per heavy atom. The lowest BCUT2D eigenvalue weighted by molar-refractivity contribution is -0.127. The number of ether oxygens (including phenoxy) is 1. The fraction of sp³-hybridized carbons (Fsp3) is 0.429. The third-order valence-corrected chi connectivity index (χ3v) is 4.95. The van der Waals surface area contributed by atoms with Crippen molar-refractivity contribution >= 4 is 18.1 Å². The molecular weight excluding hydrogens is 356 g/mol. The third kappa shape index (κ3) is 3.44. The number of piperidine rings is 1. The highest BCUT2D eigenvalue weighted by molar-refractivity contribution is 6.05. The molecule has 28 heavy (non-hydrogen) atoms. The second-order valence-electron chi connectivity index (χ2n) is 8.16. The molecule has 0 saturated carbocycles. The zero-order valence-electron chi connectivity index (χ0n) is 16.4. The van der Waals surface area contributed by atoms with E-state index in [1.165, 1.54) is 10.5 Å². The number of fused-ring (bicyclic) bond motifs is 3. The number of nitrogens with zero attached hydrogens (tertiary/aromatic N) is 4. The first-order chi connectivity index (χ1) is 13.3. The highest BCUT2D eigenvalue weighted by Gasteiger charge is 2.32. The maximum atomic E-state index is 12.9. The van der Waals surface area contributed by atoms with E-state index in [4.69, 9.17) is 4.74 Å². The Bertz CT molecular complexity index is 968. The zero-order chi connectivity index (χ0) is 19.9. The van der Waals surface area contributed by atoms with Gasteiger partial charge in [0.2, 0.25) is 0 Å². The van der Waals surface area contributed by atoms with Gasteiger partial charge in [0.25, 0.3) is 5.91 Å². The smallest absolute Gasteiger partial charge is 0.417 e. The van der Waals surface area contributed by atoms with Crippen molar-refractivity contribution in [2.24, 2.45) is 0 Å². The molecule has 7 nitrogen and oxygen atoms in total. The predicted octanol–water partition coefficient (Wildman–Crippen LogP) is 3.31. The molecule has 2 aliphatic heterocycles. The highest BCUT2D eigenvalue weighted by atomic mass is 16.6. The van der Waals surface area contributed by atoms with Gasteiger partial charge >= 0.3 is 6.09 Å². The van der Waals surface area contributed by atoms with Crippen LogP contribution in [0.5, 0.6) is 0 Å². The van der Waals surface area contributed by atoms with E-state index in [0.29, 0.717) is 18.5 Å². The maximum Gasteiger partial charge on any atom is 0.417 e. The molecule has 4 rings (SSSR count). The summed E-state index contributed by atoms with van der Waals surface area (Å²) in [5.41, 5.74) is 4.08. The molecule has 0 unspecified atom stereocenters. The summed E-state index contributed by atoms with van der Waals surface area (Å²) in [6, 6.07) is 2.03. The summed E-state index contributed by atoms with van der Waals surface area (Å²) in [4.78, 5) is 35.2. The molecule has 4 heterocycles. The molecular formula is C21H24N4O3. The quantitative estimate of drug-likeness (QED) is 0.710. The van der Waals surface area contributed by atoms with Gasteiger partial charge in [0.15, 0.2) is 0 Å². The molecule has 2 aliphatic rings. The number of likely N-dealkylation sites (tertiary alicyclic amines) is 1. The molecule has 2 amide bonds. The average Bonchev–Trinajstić information content (AvgIpc) is 3.05. The minimum Gasteiger partial charge on any atom is -0.443 e. The molecule has 0 radical (unpaired) electrons. The van der Waals surface area contributed by atoms with Gasteiger partial charge in [-0.05, 0) is 64.2 Å². The van der Waals surface area contributed by atoms with Crippen molar-refractivity contribution in [2.45, 2.75) is 52.1 Å². The van der Waals surface area contributed by atoms with Gasteiger partial charge in [-0.15, -0.1) is 0 Å². The van der Waals surface area contributed by atoms with Crippen molar-refractivity contribution in [3.63, 3.8) is 0 Å². The van der Waals surface area contributed by atoms with Crippen LogP contribution >= 0.6 is 0 Å². The number of aryl methyl sites for hydroxylation is 1. The van der Waals surface area contributed by atoms with Gasteiger partial charge in [-0.1, -0.05) is 0 Å². The number of carbonyl (C=O) groups excluding carboxylic acids is 2. The monoisotopic (exact) mass is 380 g/mol. The first-order valence-corrected chi connectivity index (χ1v) is 9.58. The van der Waals surface area contributed by atoms with Gasteiger partial charge in [0.05, 0.1) is 23.3 Å². The van der Waals surface area contributed by atoms with Crippen LogP contribution < -0.4 is 0 Å². The van der Waals surface area contributed by atoms with Crippen LogP contribution in [0.4, 0.5) is 4.79 Å². The molecule has 1 saturated heterocycles. The molecule has 7 heteroatoms. The number of aromatic nitrogens is 3. The predicted molar refractivity (Wildman–Crippen MR) is 104 cm³/mol. The Kier molecular flexibility index (Phi) is 4.53. The first kappa shape index (κ1) is 18.4. The lowest BCUT2D eigenvalue weighted by Crippen LogP contribution is -2.44. The number of hydrogen-bond donors (Lipinski definition) is 0.